The van der Waals surface area contributed by atoms with Crippen LogP contribution in [0.1, 0.15) is 32.1 Å². The first-order chi connectivity index (χ1) is 9.33. The van der Waals surface area contributed by atoms with Gasteiger partial charge < -0.3 is 31.5 Å². The van der Waals surface area contributed by atoms with E-state index in [1.165, 1.54) is 0 Å². The molecular weight excluding hydrogens is 268 g/mol. The number of amides is 2. The summed E-state index contributed by atoms with van der Waals surface area (Å²) in [6.45, 7) is 0.194. The minimum absolute atomic E-state index is 0.103. The molecule has 0 saturated carbocycles. The molecule has 0 aromatic rings. The van der Waals surface area contributed by atoms with Crippen molar-refractivity contribution in [3.05, 3.63) is 0 Å². The second-order valence-electron chi connectivity index (χ2n) is 5.05. The van der Waals surface area contributed by atoms with Gasteiger partial charge in [0.05, 0.1) is 0 Å². The Balaban J connectivity index is 2.97. The predicted molar refractivity (Wildman–Crippen MR) is 68.2 cm³/mol. The van der Waals surface area contributed by atoms with Gasteiger partial charge >= 0.3 is 0 Å². The van der Waals surface area contributed by atoms with E-state index in [0.717, 1.165) is 12.8 Å². The summed E-state index contributed by atoms with van der Waals surface area (Å²) >= 11 is 0. The van der Waals surface area contributed by atoms with Gasteiger partial charge in [0.15, 0.2) is 11.7 Å². The molecule has 0 aliphatic carbocycles. The van der Waals surface area contributed by atoms with Crippen LogP contribution in [-0.2, 0) is 14.3 Å². The molecule has 20 heavy (non-hydrogen) atoms. The Labute approximate surface area is 116 Å². The summed E-state index contributed by atoms with van der Waals surface area (Å²) in [5.74, 6) is -2.15. The molecule has 0 spiro atoms. The van der Waals surface area contributed by atoms with Crippen LogP contribution in [0.2, 0.25) is 0 Å². The minimum Gasteiger partial charge on any atom is -0.387 e. The Kier molecular flexibility index (Phi) is 5.88. The number of ether oxygens (including phenoxy) is 1. The van der Waals surface area contributed by atoms with Gasteiger partial charge in [-0.15, -0.1) is 0 Å². The highest BCUT2D eigenvalue weighted by Gasteiger charge is 2.50. The van der Waals surface area contributed by atoms with Crippen molar-refractivity contribution in [1.82, 2.24) is 0 Å². The predicted octanol–water partition coefficient (Wildman–Crippen LogP) is -2.24. The van der Waals surface area contributed by atoms with Crippen molar-refractivity contribution < 1.29 is 29.6 Å². The third-order valence-electron chi connectivity index (χ3n) is 3.64. The van der Waals surface area contributed by atoms with E-state index in [-0.39, 0.29) is 13.0 Å². The fourth-order valence-electron chi connectivity index (χ4n) is 2.36. The summed E-state index contributed by atoms with van der Waals surface area (Å²) < 4.78 is 5.40. The lowest BCUT2D eigenvalue weighted by Gasteiger charge is -2.39. The summed E-state index contributed by atoms with van der Waals surface area (Å²) in [4.78, 5) is 22.6. The maximum Gasteiger partial charge on any atom is 0.252 e. The fourth-order valence-corrected chi connectivity index (χ4v) is 2.36. The van der Waals surface area contributed by atoms with Crippen LogP contribution in [0.3, 0.4) is 0 Å². The molecule has 1 heterocycles. The van der Waals surface area contributed by atoms with Gasteiger partial charge in [-0.1, -0.05) is 12.8 Å². The molecule has 1 aliphatic rings. The summed E-state index contributed by atoms with van der Waals surface area (Å²) in [5, 5.41) is 29.4. The number of hydrogen-bond donors (Lipinski definition) is 5. The van der Waals surface area contributed by atoms with Crippen LogP contribution in [0, 0.1) is 0 Å². The van der Waals surface area contributed by atoms with E-state index in [9.17, 15) is 24.9 Å². The molecule has 1 saturated heterocycles. The molecule has 0 unspecified atom stereocenters. The average molecular weight is 290 g/mol. The van der Waals surface area contributed by atoms with Crippen LogP contribution < -0.4 is 11.5 Å². The van der Waals surface area contributed by atoms with Crippen molar-refractivity contribution in [2.24, 2.45) is 11.5 Å². The third-order valence-corrected chi connectivity index (χ3v) is 3.64. The van der Waals surface area contributed by atoms with Gasteiger partial charge in [0.2, 0.25) is 5.91 Å². The SMILES string of the molecule is NC(=O)[C@@H](O)[C@@H](O)[C@H](O)[C@@]1(C(N)=O)CCCCCCO1. The second-order valence-corrected chi connectivity index (χ2v) is 5.05. The Bertz CT molecular complexity index is 354. The normalized spacial score (nSPS) is 28.8. The van der Waals surface area contributed by atoms with Crippen LogP contribution in [-0.4, -0.2) is 57.7 Å². The van der Waals surface area contributed by atoms with Gasteiger partial charge in [-0.05, 0) is 19.3 Å². The highest BCUT2D eigenvalue weighted by atomic mass is 16.5. The highest BCUT2D eigenvalue weighted by Crippen LogP contribution is 2.29. The van der Waals surface area contributed by atoms with E-state index in [0.29, 0.717) is 12.8 Å². The molecule has 0 radical (unpaired) electrons. The summed E-state index contributed by atoms with van der Waals surface area (Å²) in [6.07, 6.45) is -2.66. The second kappa shape index (κ2) is 6.98. The average Bonchev–Trinajstić information content (AvgIpc) is 2.36. The third kappa shape index (κ3) is 3.45. The molecule has 0 aromatic carbocycles. The Hall–Kier alpha value is -1.22. The van der Waals surface area contributed by atoms with Crippen molar-refractivity contribution in [1.29, 1.82) is 0 Å². The number of aliphatic hydroxyl groups is 3. The highest BCUT2D eigenvalue weighted by molar-refractivity contribution is 5.85. The minimum atomic E-state index is -2.00. The Morgan fingerprint density at radius 3 is 2.20 bits per heavy atom. The lowest BCUT2D eigenvalue weighted by molar-refractivity contribution is -0.192. The van der Waals surface area contributed by atoms with Crippen molar-refractivity contribution in [2.75, 3.05) is 6.61 Å². The van der Waals surface area contributed by atoms with Crippen molar-refractivity contribution in [3.63, 3.8) is 0 Å². The number of aliphatic hydroxyl groups excluding tert-OH is 3. The number of carbonyl (C=O) groups excluding carboxylic acids is 2. The molecule has 1 fully saturated rings. The largest absolute Gasteiger partial charge is 0.387 e. The molecule has 8 nitrogen and oxygen atoms in total. The Morgan fingerprint density at radius 2 is 1.65 bits per heavy atom. The summed E-state index contributed by atoms with van der Waals surface area (Å²) in [7, 11) is 0. The summed E-state index contributed by atoms with van der Waals surface area (Å²) in [6, 6.07) is 0. The van der Waals surface area contributed by atoms with Crippen LogP contribution in [0.15, 0.2) is 0 Å². The standard InChI is InChI=1S/C12H22N2O6/c13-10(18)8(16)7(15)9(17)12(11(14)19)5-3-1-2-4-6-20-12/h7-9,15-17H,1-6H2,(H2,13,18)(H2,14,19)/t7-,8+,9+,12-/m1/s1. The van der Waals surface area contributed by atoms with Gasteiger partial charge in [0.25, 0.3) is 5.91 Å². The maximum absolute atomic E-state index is 11.7. The topological polar surface area (TPSA) is 156 Å². The summed E-state index contributed by atoms with van der Waals surface area (Å²) in [5.41, 5.74) is 8.34. The molecule has 1 rings (SSSR count). The van der Waals surface area contributed by atoms with E-state index in [1.54, 1.807) is 0 Å². The van der Waals surface area contributed by atoms with Crippen molar-refractivity contribution >= 4 is 11.8 Å². The number of nitrogens with two attached hydrogens (primary N) is 2. The number of carbonyl (C=O) groups is 2. The molecule has 1 aliphatic heterocycles. The zero-order valence-corrected chi connectivity index (χ0v) is 11.2. The van der Waals surface area contributed by atoms with Gasteiger partial charge in [-0.3, -0.25) is 9.59 Å². The molecule has 0 bridgehead atoms. The molecule has 7 N–H and O–H groups in total. The molecule has 8 heteroatoms. The number of primary amides is 2. The van der Waals surface area contributed by atoms with E-state index >= 15 is 0 Å². The smallest absolute Gasteiger partial charge is 0.252 e. The number of rotatable bonds is 5. The monoisotopic (exact) mass is 290 g/mol. The van der Waals surface area contributed by atoms with Gasteiger partial charge in [-0.2, -0.15) is 0 Å². The molecular formula is C12H22N2O6. The van der Waals surface area contributed by atoms with Crippen LogP contribution in [0.4, 0.5) is 0 Å². The molecule has 116 valence electrons. The molecule has 2 amide bonds. The first-order valence-electron chi connectivity index (χ1n) is 6.60. The quantitative estimate of drug-likeness (QED) is 0.385. The van der Waals surface area contributed by atoms with E-state index in [1.807, 2.05) is 0 Å². The van der Waals surface area contributed by atoms with Gasteiger partial charge in [0.1, 0.15) is 12.2 Å². The maximum atomic E-state index is 11.7. The first-order valence-corrected chi connectivity index (χ1v) is 6.60. The van der Waals surface area contributed by atoms with Crippen LogP contribution >= 0.6 is 0 Å². The van der Waals surface area contributed by atoms with E-state index in [2.05, 4.69) is 0 Å². The molecule has 0 aromatic heterocycles. The first kappa shape index (κ1) is 16.8. The Morgan fingerprint density at radius 1 is 1.05 bits per heavy atom. The lowest BCUT2D eigenvalue weighted by atomic mass is 9.83. The van der Waals surface area contributed by atoms with Gasteiger partial charge in [0, 0.05) is 6.61 Å². The fraction of sp³-hybridized carbons (Fsp3) is 0.833. The van der Waals surface area contributed by atoms with Crippen LogP contribution in [0.5, 0.6) is 0 Å². The van der Waals surface area contributed by atoms with Crippen molar-refractivity contribution in [3.8, 4) is 0 Å². The zero-order valence-electron chi connectivity index (χ0n) is 11.2. The molecule has 4 atom stereocenters. The van der Waals surface area contributed by atoms with E-state index < -0.39 is 35.7 Å². The van der Waals surface area contributed by atoms with E-state index in [4.69, 9.17) is 16.2 Å². The van der Waals surface area contributed by atoms with Crippen molar-refractivity contribution in [2.45, 2.75) is 56.0 Å². The lowest BCUT2D eigenvalue weighted by Crippen LogP contribution is -2.62. The number of hydrogen-bond acceptors (Lipinski definition) is 6. The van der Waals surface area contributed by atoms with Gasteiger partial charge in [-0.25, -0.2) is 0 Å². The zero-order chi connectivity index (χ0) is 15.3. The van der Waals surface area contributed by atoms with Crippen LogP contribution in [0.25, 0.3) is 0 Å².